The monoisotopic (exact) mass is 212 g/mol. The Hall–Kier alpha value is 0.430. The van der Waals surface area contributed by atoms with Crippen LogP contribution in [0.15, 0.2) is 0 Å². The van der Waals surface area contributed by atoms with Gasteiger partial charge < -0.3 is 0 Å². The molecule has 0 aliphatic heterocycles. The average molecular weight is 212 g/mol. The third kappa shape index (κ3) is 1.75. The summed E-state index contributed by atoms with van der Waals surface area (Å²) in [5, 5.41) is 0. The van der Waals surface area contributed by atoms with Crippen molar-refractivity contribution in [2.24, 2.45) is 17.3 Å². The highest BCUT2D eigenvalue weighted by atomic mass is 31.1. The number of rotatable bonds is 6. The topological polar surface area (TPSA) is 0 Å². The quantitative estimate of drug-likeness (QED) is 0.455. The van der Waals surface area contributed by atoms with E-state index in [1.807, 2.05) is 0 Å². The minimum Gasteiger partial charge on any atom is -0.118 e. The van der Waals surface area contributed by atoms with Gasteiger partial charge in [-0.1, -0.05) is 40.0 Å². The highest BCUT2D eigenvalue weighted by Crippen LogP contribution is 2.79. The first-order chi connectivity index (χ1) is 6.73. The molecule has 82 valence electrons. The van der Waals surface area contributed by atoms with Crippen LogP contribution < -0.4 is 0 Å². The molecule has 0 nitrogen and oxygen atoms in total. The second-order valence-corrected chi connectivity index (χ2v) is 7.03. The molecule has 5 unspecified atom stereocenters. The lowest BCUT2D eigenvalue weighted by Crippen LogP contribution is -1.85. The maximum absolute atomic E-state index is 2.49. The molecule has 2 saturated carbocycles. The van der Waals surface area contributed by atoms with E-state index in [2.05, 4.69) is 20.8 Å². The van der Waals surface area contributed by atoms with E-state index in [0.717, 1.165) is 22.9 Å². The van der Waals surface area contributed by atoms with Crippen LogP contribution in [-0.4, -0.2) is 11.8 Å². The smallest absolute Gasteiger partial charge is 0.0143 e. The van der Waals surface area contributed by atoms with Crippen LogP contribution in [0, 0.1) is 17.3 Å². The molecular weight excluding hydrogens is 187 g/mol. The summed E-state index contributed by atoms with van der Waals surface area (Å²) in [4.78, 5) is 0. The van der Waals surface area contributed by atoms with Gasteiger partial charge in [0.25, 0.3) is 0 Å². The fourth-order valence-electron chi connectivity index (χ4n) is 3.37. The molecule has 5 atom stereocenters. The number of unbranched alkanes of at least 4 members (excludes halogenated alkanes) is 3. The summed E-state index contributed by atoms with van der Waals surface area (Å²) >= 11 is 0. The first-order valence-electron chi connectivity index (χ1n) is 6.47. The van der Waals surface area contributed by atoms with E-state index in [0.29, 0.717) is 0 Å². The second-order valence-electron chi connectivity index (χ2n) is 5.50. The molecule has 2 aliphatic carbocycles. The summed E-state index contributed by atoms with van der Waals surface area (Å²) in [5.74, 6) is 2.16. The molecule has 2 rings (SSSR count). The minimum absolute atomic E-state index is 0.892. The van der Waals surface area contributed by atoms with Crippen LogP contribution in [0.25, 0.3) is 0 Å². The zero-order valence-corrected chi connectivity index (χ0v) is 11.0. The molecule has 1 heteroatoms. The van der Waals surface area contributed by atoms with Crippen molar-refractivity contribution in [3.05, 3.63) is 0 Å². The molecule has 0 saturated heterocycles. The van der Waals surface area contributed by atoms with Gasteiger partial charge in [0.1, 0.15) is 0 Å². The molecule has 0 aromatic rings. The Morgan fingerprint density at radius 2 is 1.93 bits per heavy atom. The molecule has 14 heavy (non-hydrogen) atoms. The van der Waals surface area contributed by atoms with Crippen LogP contribution in [-0.2, 0) is 0 Å². The predicted octanol–water partition coefficient (Wildman–Crippen LogP) is 4.29. The van der Waals surface area contributed by atoms with Gasteiger partial charge in [-0.2, -0.15) is 0 Å². The van der Waals surface area contributed by atoms with Gasteiger partial charge in [-0.15, -0.1) is 8.58 Å². The molecule has 0 aromatic carbocycles. The van der Waals surface area contributed by atoms with Crippen molar-refractivity contribution in [3.63, 3.8) is 0 Å². The number of hydrogen-bond acceptors (Lipinski definition) is 0. The zero-order chi connectivity index (χ0) is 10.2. The van der Waals surface area contributed by atoms with E-state index in [9.17, 15) is 0 Å². The van der Waals surface area contributed by atoms with Crippen molar-refractivity contribution in [1.29, 1.82) is 0 Å². The Labute approximate surface area is 91.0 Å². The lowest BCUT2D eigenvalue weighted by molar-refractivity contribution is 0.695. The van der Waals surface area contributed by atoms with E-state index >= 15 is 0 Å². The van der Waals surface area contributed by atoms with Gasteiger partial charge in [-0.3, -0.25) is 0 Å². The predicted molar refractivity (Wildman–Crippen MR) is 66.5 cm³/mol. The van der Waals surface area contributed by atoms with E-state index in [4.69, 9.17) is 0 Å². The van der Waals surface area contributed by atoms with Crippen LogP contribution in [0.5, 0.6) is 0 Å². The van der Waals surface area contributed by atoms with E-state index < -0.39 is 0 Å². The Bertz CT molecular complexity index is 201. The Kier molecular flexibility index (Phi) is 3.22. The summed E-state index contributed by atoms with van der Waals surface area (Å²) in [6.45, 7) is 7.25. The van der Waals surface area contributed by atoms with Crippen LogP contribution in [0.3, 0.4) is 0 Å². The molecule has 2 aliphatic rings. The Morgan fingerprint density at radius 3 is 2.43 bits per heavy atom. The molecule has 0 radical (unpaired) electrons. The van der Waals surface area contributed by atoms with Crippen molar-refractivity contribution in [1.82, 2.24) is 0 Å². The lowest BCUT2D eigenvalue weighted by atomic mass is 10.2. The Morgan fingerprint density at radius 1 is 1.21 bits per heavy atom. The average Bonchev–Trinajstić information content (AvgIpc) is 2.97. The molecule has 2 fully saturated rings. The summed E-state index contributed by atoms with van der Waals surface area (Å²) in [7, 11) is 1.29. The SMILES string of the molecule is CCCCCCPC1C(C)C12CC2C. The van der Waals surface area contributed by atoms with Crippen molar-refractivity contribution >= 4 is 8.58 Å². The highest BCUT2D eigenvalue weighted by molar-refractivity contribution is 7.39. The zero-order valence-electron chi connectivity index (χ0n) is 9.97. The lowest BCUT2D eigenvalue weighted by Gasteiger charge is -2.00. The first-order valence-corrected chi connectivity index (χ1v) is 7.75. The number of hydrogen-bond donors (Lipinski definition) is 0. The van der Waals surface area contributed by atoms with Crippen molar-refractivity contribution < 1.29 is 0 Å². The van der Waals surface area contributed by atoms with Gasteiger partial charge in [0, 0.05) is 0 Å². The second kappa shape index (κ2) is 4.12. The third-order valence-electron chi connectivity index (χ3n) is 4.63. The molecule has 0 N–H and O–H groups in total. The highest BCUT2D eigenvalue weighted by Gasteiger charge is 2.73. The molecular formula is C13H25P. The van der Waals surface area contributed by atoms with Gasteiger partial charge in [-0.05, 0) is 41.9 Å². The maximum atomic E-state index is 2.49. The fourth-order valence-corrected chi connectivity index (χ4v) is 5.75. The van der Waals surface area contributed by atoms with Crippen molar-refractivity contribution in [2.45, 2.75) is 58.5 Å². The van der Waals surface area contributed by atoms with Crippen LogP contribution in [0.1, 0.15) is 52.9 Å². The van der Waals surface area contributed by atoms with Gasteiger partial charge in [-0.25, -0.2) is 0 Å². The molecule has 0 aromatic heterocycles. The van der Waals surface area contributed by atoms with Gasteiger partial charge in [0.2, 0.25) is 0 Å². The Balaban J connectivity index is 1.56. The molecule has 1 spiro atoms. The summed E-state index contributed by atoms with van der Waals surface area (Å²) in [6, 6.07) is 0. The summed E-state index contributed by atoms with van der Waals surface area (Å²) in [6.07, 6.45) is 8.90. The maximum Gasteiger partial charge on any atom is -0.0143 e. The molecule has 0 bridgehead atoms. The van der Waals surface area contributed by atoms with Crippen molar-refractivity contribution in [2.75, 3.05) is 6.16 Å². The van der Waals surface area contributed by atoms with E-state index in [1.165, 1.54) is 40.4 Å². The first kappa shape index (κ1) is 10.9. The van der Waals surface area contributed by atoms with Crippen LogP contribution in [0.2, 0.25) is 0 Å². The van der Waals surface area contributed by atoms with E-state index in [1.54, 1.807) is 6.42 Å². The normalized spacial score (nSPS) is 45.2. The standard InChI is InChI=1S/C13H25P/c1-4-5-6-7-8-14-12-11(3)13(12)9-10(13)2/h10-12,14H,4-9H2,1-3H3. The van der Waals surface area contributed by atoms with Gasteiger partial charge >= 0.3 is 0 Å². The van der Waals surface area contributed by atoms with Gasteiger partial charge in [0.05, 0.1) is 0 Å². The minimum atomic E-state index is 0.892. The van der Waals surface area contributed by atoms with Crippen LogP contribution >= 0.6 is 8.58 Å². The summed E-state index contributed by atoms with van der Waals surface area (Å²) < 4.78 is 0. The van der Waals surface area contributed by atoms with Crippen molar-refractivity contribution in [3.8, 4) is 0 Å². The largest absolute Gasteiger partial charge is 0.118 e. The van der Waals surface area contributed by atoms with E-state index in [-0.39, 0.29) is 0 Å². The van der Waals surface area contributed by atoms with Crippen LogP contribution in [0.4, 0.5) is 0 Å². The van der Waals surface area contributed by atoms with Gasteiger partial charge in [0.15, 0.2) is 0 Å². The fraction of sp³-hybridized carbons (Fsp3) is 1.00. The third-order valence-corrected chi connectivity index (χ3v) is 6.75. The summed E-state index contributed by atoms with van der Waals surface area (Å²) in [5.41, 5.74) is 2.04. The molecule has 0 amide bonds. The molecule has 0 heterocycles.